The van der Waals surface area contributed by atoms with Gasteiger partial charge in [-0.25, -0.2) is 0 Å². The van der Waals surface area contributed by atoms with E-state index in [0.717, 1.165) is 5.92 Å². The summed E-state index contributed by atoms with van der Waals surface area (Å²) in [6.45, 7) is 4.53. The van der Waals surface area contributed by atoms with Crippen LogP contribution in [0.2, 0.25) is 0 Å². The monoisotopic (exact) mass is 124 g/mol. The van der Waals surface area contributed by atoms with Gasteiger partial charge in [0.25, 0.3) is 0 Å². The molecule has 1 atom stereocenters. The standard InChI is InChI=1S/C9H16/c1-3-9-6-4-8(2)5-7-9/h4,9H,3,5-7H2,1-2H3. The van der Waals surface area contributed by atoms with E-state index in [1.807, 2.05) is 0 Å². The summed E-state index contributed by atoms with van der Waals surface area (Å²) in [6.07, 6.45) is 7.88. The molecular formula is C9H16. The van der Waals surface area contributed by atoms with E-state index in [9.17, 15) is 0 Å². The molecule has 0 spiro atoms. The Balaban J connectivity index is 2.36. The molecule has 0 heteroatoms. The minimum Gasteiger partial charge on any atom is -0.0853 e. The van der Waals surface area contributed by atoms with Crippen LogP contribution in [0.1, 0.15) is 39.5 Å². The maximum absolute atomic E-state index is 2.40. The average Bonchev–Trinajstić information content (AvgIpc) is 1.90. The first-order valence-electron chi connectivity index (χ1n) is 3.98. The van der Waals surface area contributed by atoms with Crippen LogP contribution in [0, 0.1) is 5.92 Å². The van der Waals surface area contributed by atoms with E-state index >= 15 is 0 Å². The zero-order valence-corrected chi connectivity index (χ0v) is 6.48. The lowest BCUT2D eigenvalue weighted by Crippen LogP contribution is -2.02. The van der Waals surface area contributed by atoms with Crippen molar-refractivity contribution in [2.45, 2.75) is 39.5 Å². The van der Waals surface area contributed by atoms with Gasteiger partial charge in [-0.05, 0) is 32.1 Å². The Morgan fingerprint density at radius 2 is 2.44 bits per heavy atom. The molecule has 0 aromatic heterocycles. The molecule has 0 nitrogen and oxygen atoms in total. The second-order valence-corrected chi connectivity index (χ2v) is 3.10. The van der Waals surface area contributed by atoms with E-state index in [2.05, 4.69) is 19.9 Å². The van der Waals surface area contributed by atoms with Gasteiger partial charge >= 0.3 is 0 Å². The van der Waals surface area contributed by atoms with Crippen molar-refractivity contribution in [3.8, 4) is 0 Å². The van der Waals surface area contributed by atoms with Gasteiger partial charge in [0.2, 0.25) is 0 Å². The Morgan fingerprint density at radius 3 is 2.89 bits per heavy atom. The first kappa shape index (κ1) is 6.85. The molecule has 0 bridgehead atoms. The lowest BCUT2D eigenvalue weighted by Gasteiger charge is -2.17. The fourth-order valence-corrected chi connectivity index (χ4v) is 1.39. The van der Waals surface area contributed by atoms with Crippen LogP contribution in [0.25, 0.3) is 0 Å². The highest BCUT2D eigenvalue weighted by Gasteiger charge is 2.08. The predicted molar refractivity (Wildman–Crippen MR) is 41.4 cm³/mol. The van der Waals surface area contributed by atoms with Crippen molar-refractivity contribution in [3.05, 3.63) is 11.6 Å². The zero-order chi connectivity index (χ0) is 6.69. The molecule has 9 heavy (non-hydrogen) atoms. The molecule has 0 N–H and O–H groups in total. The Hall–Kier alpha value is -0.260. The summed E-state index contributed by atoms with van der Waals surface area (Å²) in [5.41, 5.74) is 1.60. The van der Waals surface area contributed by atoms with Crippen molar-refractivity contribution in [1.82, 2.24) is 0 Å². The highest BCUT2D eigenvalue weighted by Crippen LogP contribution is 2.24. The van der Waals surface area contributed by atoms with Crippen molar-refractivity contribution in [3.63, 3.8) is 0 Å². The molecule has 1 unspecified atom stereocenters. The second-order valence-electron chi connectivity index (χ2n) is 3.10. The normalized spacial score (nSPS) is 27.8. The maximum Gasteiger partial charge on any atom is -0.0320 e. The topological polar surface area (TPSA) is 0 Å². The van der Waals surface area contributed by atoms with Crippen LogP contribution in [0.3, 0.4) is 0 Å². The fraction of sp³-hybridized carbons (Fsp3) is 0.778. The summed E-state index contributed by atoms with van der Waals surface area (Å²) < 4.78 is 0. The molecule has 0 aliphatic heterocycles. The summed E-state index contributed by atoms with van der Waals surface area (Å²) in [5.74, 6) is 0.994. The highest BCUT2D eigenvalue weighted by molar-refractivity contribution is 5.02. The molecule has 0 aromatic rings. The number of allylic oxidation sites excluding steroid dienone is 2. The van der Waals surface area contributed by atoms with Crippen molar-refractivity contribution in [2.24, 2.45) is 5.92 Å². The molecular weight excluding hydrogens is 108 g/mol. The fourth-order valence-electron chi connectivity index (χ4n) is 1.39. The summed E-state index contributed by atoms with van der Waals surface area (Å²) in [7, 11) is 0. The lowest BCUT2D eigenvalue weighted by atomic mass is 9.89. The molecule has 0 radical (unpaired) electrons. The van der Waals surface area contributed by atoms with E-state index in [1.54, 1.807) is 5.57 Å². The van der Waals surface area contributed by atoms with E-state index in [0.29, 0.717) is 0 Å². The van der Waals surface area contributed by atoms with Gasteiger partial charge in [0.15, 0.2) is 0 Å². The molecule has 0 aromatic carbocycles. The first-order chi connectivity index (χ1) is 4.33. The Labute approximate surface area is 58.0 Å². The Morgan fingerprint density at radius 1 is 1.67 bits per heavy atom. The maximum atomic E-state index is 2.40. The van der Waals surface area contributed by atoms with Gasteiger partial charge in [0.05, 0.1) is 0 Å². The van der Waals surface area contributed by atoms with E-state index in [-0.39, 0.29) is 0 Å². The van der Waals surface area contributed by atoms with Crippen LogP contribution < -0.4 is 0 Å². The van der Waals surface area contributed by atoms with E-state index in [4.69, 9.17) is 0 Å². The number of hydrogen-bond acceptors (Lipinski definition) is 0. The van der Waals surface area contributed by atoms with Crippen LogP contribution in [-0.2, 0) is 0 Å². The van der Waals surface area contributed by atoms with E-state index < -0.39 is 0 Å². The molecule has 0 saturated heterocycles. The molecule has 1 rings (SSSR count). The van der Waals surface area contributed by atoms with Gasteiger partial charge in [-0.3, -0.25) is 0 Å². The second kappa shape index (κ2) is 3.05. The summed E-state index contributed by atoms with van der Waals surface area (Å²) >= 11 is 0. The molecule has 1 aliphatic carbocycles. The minimum atomic E-state index is 0.994. The van der Waals surface area contributed by atoms with Gasteiger partial charge in [-0.2, -0.15) is 0 Å². The molecule has 52 valence electrons. The number of hydrogen-bond donors (Lipinski definition) is 0. The van der Waals surface area contributed by atoms with Crippen LogP contribution in [0.5, 0.6) is 0 Å². The molecule has 0 fully saturated rings. The molecule has 0 saturated carbocycles. The quantitative estimate of drug-likeness (QED) is 0.471. The van der Waals surface area contributed by atoms with Crippen LogP contribution >= 0.6 is 0 Å². The minimum absolute atomic E-state index is 0.994. The molecule has 0 amide bonds. The van der Waals surface area contributed by atoms with Crippen molar-refractivity contribution < 1.29 is 0 Å². The summed E-state index contributed by atoms with van der Waals surface area (Å²) in [6, 6.07) is 0. The van der Waals surface area contributed by atoms with Gasteiger partial charge < -0.3 is 0 Å². The van der Waals surface area contributed by atoms with Crippen LogP contribution in [0.15, 0.2) is 11.6 Å². The summed E-state index contributed by atoms with van der Waals surface area (Å²) in [5, 5.41) is 0. The third-order valence-corrected chi connectivity index (χ3v) is 2.32. The Kier molecular flexibility index (Phi) is 2.32. The van der Waals surface area contributed by atoms with Crippen molar-refractivity contribution in [1.29, 1.82) is 0 Å². The summed E-state index contributed by atoms with van der Waals surface area (Å²) in [4.78, 5) is 0. The third kappa shape index (κ3) is 1.85. The van der Waals surface area contributed by atoms with Crippen LogP contribution in [0.4, 0.5) is 0 Å². The Bertz CT molecular complexity index is 111. The molecule has 0 heterocycles. The SMILES string of the molecule is CCC1CC=C(C)CC1. The predicted octanol–water partition coefficient (Wildman–Crippen LogP) is 3.14. The molecule has 1 aliphatic rings. The number of rotatable bonds is 1. The van der Waals surface area contributed by atoms with Crippen molar-refractivity contribution >= 4 is 0 Å². The van der Waals surface area contributed by atoms with Gasteiger partial charge in [-0.15, -0.1) is 0 Å². The van der Waals surface area contributed by atoms with Crippen LogP contribution in [-0.4, -0.2) is 0 Å². The van der Waals surface area contributed by atoms with Crippen molar-refractivity contribution in [2.75, 3.05) is 0 Å². The van der Waals surface area contributed by atoms with Gasteiger partial charge in [-0.1, -0.05) is 25.0 Å². The van der Waals surface area contributed by atoms with Gasteiger partial charge in [0.1, 0.15) is 0 Å². The lowest BCUT2D eigenvalue weighted by molar-refractivity contribution is 0.456. The third-order valence-electron chi connectivity index (χ3n) is 2.32. The largest absolute Gasteiger partial charge is 0.0853 e. The zero-order valence-electron chi connectivity index (χ0n) is 6.48. The average molecular weight is 124 g/mol. The van der Waals surface area contributed by atoms with Gasteiger partial charge in [0, 0.05) is 0 Å². The first-order valence-corrected chi connectivity index (χ1v) is 3.98. The highest BCUT2D eigenvalue weighted by atomic mass is 14.1. The smallest absolute Gasteiger partial charge is 0.0320 e. The van der Waals surface area contributed by atoms with E-state index in [1.165, 1.54) is 25.7 Å².